The highest BCUT2D eigenvalue weighted by molar-refractivity contribution is 6.29. The van der Waals surface area contributed by atoms with Gasteiger partial charge in [-0.25, -0.2) is 9.59 Å². The molecule has 0 radical (unpaired) electrons. The maximum absolute atomic E-state index is 11.2. The van der Waals surface area contributed by atoms with Gasteiger partial charge in [0.25, 0.3) is 0 Å². The summed E-state index contributed by atoms with van der Waals surface area (Å²) in [5.74, 6) is -5.59. The van der Waals surface area contributed by atoms with Gasteiger partial charge >= 0.3 is 24.7 Å². The molecule has 14 heavy (non-hydrogen) atoms. The number of alkyl halides is 6. The molecule has 0 amide bonds. The smallest absolute Gasteiger partial charge is 0.364 e. The summed E-state index contributed by atoms with van der Waals surface area (Å²) in [6, 6.07) is 0. The van der Waals surface area contributed by atoms with Gasteiger partial charge in [-0.05, 0) is 0 Å². The molecule has 0 aliphatic rings. The average Bonchev–Trinajstić information content (AvgIpc) is 1.78. The Morgan fingerprint density at radius 2 is 0.929 bits per heavy atom. The molecule has 4 nitrogen and oxygen atoms in total. The van der Waals surface area contributed by atoms with Crippen LogP contribution in [0.2, 0.25) is 0 Å². The number of rotatable bonds is 0. The van der Waals surface area contributed by atoms with Gasteiger partial charge in [-0.15, -0.1) is 26.3 Å². The predicted octanol–water partition coefficient (Wildman–Crippen LogP) is 1.11. The second-order valence-corrected chi connectivity index (χ2v) is 1.67. The minimum Gasteiger partial charge on any atom is -0.364 e. The van der Waals surface area contributed by atoms with Crippen LogP contribution in [0.3, 0.4) is 0 Å². The Balaban J connectivity index is 4.22. The Labute approximate surface area is 71.4 Å². The summed E-state index contributed by atoms with van der Waals surface area (Å²) in [6.45, 7) is 0. The first-order chi connectivity index (χ1) is 6.01. The second kappa shape index (κ2) is 3.72. The van der Waals surface area contributed by atoms with Crippen molar-refractivity contribution < 1.29 is 45.4 Å². The minimum atomic E-state index is -5.54. The van der Waals surface area contributed by atoms with Crippen LogP contribution in [0, 0.1) is 0 Å². The van der Waals surface area contributed by atoms with Crippen molar-refractivity contribution in [2.45, 2.75) is 12.7 Å². The normalized spacial score (nSPS) is 12.1. The van der Waals surface area contributed by atoms with E-state index in [1.165, 1.54) is 0 Å². The lowest BCUT2D eigenvalue weighted by molar-refractivity contribution is -0.321. The molecule has 0 spiro atoms. The summed E-state index contributed by atoms with van der Waals surface area (Å²) in [7, 11) is 0. The first-order valence-corrected chi connectivity index (χ1v) is 2.61. The van der Waals surface area contributed by atoms with Crippen LogP contribution in [0.4, 0.5) is 26.3 Å². The van der Waals surface area contributed by atoms with Crippen molar-refractivity contribution in [1.82, 2.24) is 0 Å². The largest absolute Gasteiger partial charge is 0.575 e. The standard InChI is InChI=1S/C4F6O4/c5-3(6,7)13-1(11)2(12)14-4(8,9)10. The Morgan fingerprint density at radius 1 is 0.714 bits per heavy atom. The van der Waals surface area contributed by atoms with E-state index in [2.05, 4.69) is 9.47 Å². The van der Waals surface area contributed by atoms with Crippen molar-refractivity contribution in [3.63, 3.8) is 0 Å². The molecule has 0 unspecified atom stereocenters. The molecule has 82 valence electrons. The number of hydrogen-bond acceptors (Lipinski definition) is 4. The van der Waals surface area contributed by atoms with Crippen LogP contribution in [-0.2, 0) is 19.1 Å². The Bertz CT molecular complexity index is 213. The van der Waals surface area contributed by atoms with E-state index < -0.39 is 24.7 Å². The van der Waals surface area contributed by atoms with Crippen molar-refractivity contribution in [2.75, 3.05) is 0 Å². The van der Waals surface area contributed by atoms with Gasteiger partial charge in [0.1, 0.15) is 0 Å². The van der Waals surface area contributed by atoms with Crippen LogP contribution >= 0.6 is 0 Å². The van der Waals surface area contributed by atoms with Gasteiger partial charge in [-0.1, -0.05) is 0 Å². The highest BCUT2D eigenvalue weighted by atomic mass is 19.4. The summed E-state index contributed by atoms with van der Waals surface area (Å²) in [5.41, 5.74) is 0. The fourth-order valence-corrected chi connectivity index (χ4v) is 0.294. The second-order valence-electron chi connectivity index (χ2n) is 1.67. The monoisotopic (exact) mass is 226 g/mol. The predicted molar refractivity (Wildman–Crippen MR) is 24.3 cm³/mol. The molecule has 0 saturated carbocycles. The Morgan fingerprint density at radius 3 is 1.07 bits per heavy atom. The Hall–Kier alpha value is -1.48. The van der Waals surface area contributed by atoms with Gasteiger partial charge in [-0.3, -0.25) is 0 Å². The average molecular weight is 226 g/mol. The minimum absolute atomic E-state index is 2.33. The third-order valence-electron chi connectivity index (χ3n) is 0.584. The molecular weight excluding hydrogens is 226 g/mol. The van der Waals surface area contributed by atoms with Crippen molar-refractivity contribution in [1.29, 1.82) is 0 Å². The van der Waals surface area contributed by atoms with Gasteiger partial charge in [0.2, 0.25) is 0 Å². The molecular formula is C4F6O4. The number of carbonyl (C=O) groups excluding carboxylic acids is 2. The summed E-state index contributed by atoms with van der Waals surface area (Å²) in [6.07, 6.45) is -11.1. The van der Waals surface area contributed by atoms with Crippen LogP contribution in [-0.4, -0.2) is 24.7 Å². The first-order valence-electron chi connectivity index (χ1n) is 2.61. The van der Waals surface area contributed by atoms with E-state index in [0.717, 1.165) is 0 Å². The maximum atomic E-state index is 11.2. The zero-order chi connectivity index (χ0) is 11.6. The van der Waals surface area contributed by atoms with E-state index in [4.69, 9.17) is 0 Å². The highest BCUT2D eigenvalue weighted by Gasteiger charge is 2.42. The quantitative estimate of drug-likeness (QED) is 0.352. The molecule has 0 N–H and O–H groups in total. The maximum Gasteiger partial charge on any atom is 0.575 e. The van der Waals surface area contributed by atoms with Crippen LogP contribution in [0.15, 0.2) is 0 Å². The first kappa shape index (κ1) is 12.5. The van der Waals surface area contributed by atoms with Crippen molar-refractivity contribution >= 4 is 11.9 Å². The molecule has 0 atom stereocenters. The lowest BCUT2D eigenvalue weighted by Gasteiger charge is -2.08. The summed E-state index contributed by atoms with van der Waals surface area (Å²) in [5, 5.41) is 0. The van der Waals surface area contributed by atoms with Crippen LogP contribution in [0.1, 0.15) is 0 Å². The van der Waals surface area contributed by atoms with E-state index in [1.54, 1.807) is 0 Å². The number of carbonyl (C=O) groups is 2. The lowest BCUT2D eigenvalue weighted by atomic mass is 10.7. The molecule has 0 aromatic rings. The Kier molecular flexibility index (Phi) is 3.32. The van der Waals surface area contributed by atoms with E-state index in [9.17, 15) is 35.9 Å². The molecule has 0 heterocycles. The van der Waals surface area contributed by atoms with E-state index in [1.807, 2.05) is 0 Å². The molecule has 0 aliphatic heterocycles. The lowest BCUT2D eigenvalue weighted by Crippen LogP contribution is -2.31. The third kappa shape index (κ3) is 6.08. The van der Waals surface area contributed by atoms with Crippen molar-refractivity contribution in [2.24, 2.45) is 0 Å². The topological polar surface area (TPSA) is 52.6 Å². The SMILES string of the molecule is O=C(OC(F)(F)F)C(=O)OC(F)(F)F. The molecule has 0 rings (SSSR count). The molecule has 0 aromatic heterocycles. The number of esters is 2. The molecule has 10 heteroatoms. The number of hydrogen-bond donors (Lipinski definition) is 0. The molecule has 0 bridgehead atoms. The number of halogens is 6. The van der Waals surface area contributed by atoms with Crippen LogP contribution in [0.5, 0.6) is 0 Å². The van der Waals surface area contributed by atoms with Gasteiger partial charge in [-0.2, -0.15) is 0 Å². The van der Waals surface area contributed by atoms with Gasteiger partial charge in [0.05, 0.1) is 0 Å². The van der Waals surface area contributed by atoms with E-state index in [-0.39, 0.29) is 0 Å². The van der Waals surface area contributed by atoms with Crippen LogP contribution in [0.25, 0.3) is 0 Å². The van der Waals surface area contributed by atoms with E-state index >= 15 is 0 Å². The van der Waals surface area contributed by atoms with Gasteiger partial charge in [0, 0.05) is 0 Å². The molecule has 0 aliphatic carbocycles. The molecule has 0 saturated heterocycles. The molecule has 0 aromatic carbocycles. The fraction of sp³-hybridized carbons (Fsp3) is 0.500. The van der Waals surface area contributed by atoms with Crippen molar-refractivity contribution in [3.8, 4) is 0 Å². The summed E-state index contributed by atoms with van der Waals surface area (Å²) < 4.78 is 71.7. The third-order valence-corrected chi connectivity index (χ3v) is 0.584. The van der Waals surface area contributed by atoms with Gasteiger partial charge < -0.3 is 9.47 Å². The zero-order valence-corrected chi connectivity index (χ0v) is 5.90. The summed E-state index contributed by atoms with van der Waals surface area (Å²) in [4.78, 5) is 19.8. The molecule has 0 fully saturated rings. The fourth-order valence-electron chi connectivity index (χ4n) is 0.294. The van der Waals surface area contributed by atoms with E-state index in [0.29, 0.717) is 0 Å². The highest BCUT2D eigenvalue weighted by Crippen LogP contribution is 2.19. The van der Waals surface area contributed by atoms with Crippen LogP contribution < -0.4 is 0 Å². The summed E-state index contributed by atoms with van der Waals surface area (Å²) >= 11 is 0. The zero-order valence-electron chi connectivity index (χ0n) is 5.90. The van der Waals surface area contributed by atoms with Crippen molar-refractivity contribution in [3.05, 3.63) is 0 Å². The van der Waals surface area contributed by atoms with Gasteiger partial charge in [0.15, 0.2) is 0 Å². The number of ether oxygens (including phenoxy) is 2.